The van der Waals surface area contributed by atoms with Crippen molar-refractivity contribution < 1.29 is 0 Å². The van der Waals surface area contributed by atoms with Crippen LogP contribution in [0.2, 0.25) is 0 Å². The molecule has 1 fully saturated rings. The van der Waals surface area contributed by atoms with E-state index in [4.69, 9.17) is 0 Å². The molecule has 0 bridgehead atoms. The third-order valence-electron chi connectivity index (χ3n) is 4.19. The summed E-state index contributed by atoms with van der Waals surface area (Å²) in [4.78, 5) is 6.91. The van der Waals surface area contributed by atoms with Crippen molar-refractivity contribution in [3.63, 3.8) is 0 Å². The van der Waals surface area contributed by atoms with Gasteiger partial charge in [-0.05, 0) is 51.0 Å². The average molecular weight is 301 g/mol. The molecule has 2 aromatic rings. The van der Waals surface area contributed by atoms with Crippen LogP contribution in [-0.2, 0) is 0 Å². The summed E-state index contributed by atoms with van der Waals surface area (Å²) in [6.07, 6.45) is 4.31. The standard InChI is InChI=1S/C17H23N3S/c1-13(2)20-10-7-16(8-11-20)19-15-5-3-14(4-6-15)17-18-9-12-21-17/h3-6,9,12-13,16,19H,7-8,10-11H2,1-2H3. The Bertz CT molecular complexity index is 540. The van der Waals surface area contributed by atoms with Crippen molar-refractivity contribution in [2.24, 2.45) is 0 Å². The average Bonchev–Trinajstić information content (AvgIpc) is 3.03. The minimum Gasteiger partial charge on any atom is -0.382 e. The lowest BCUT2D eigenvalue weighted by molar-refractivity contribution is 0.177. The molecule has 1 N–H and O–H groups in total. The number of anilines is 1. The molecule has 0 spiro atoms. The van der Waals surface area contributed by atoms with Gasteiger partial charge in [0.05, 0.1) is 0 Å². The largest absolute Gasteiger partial charge is 0.382 e. The van der Waals surface area contributed by atoms with Crippen LogP contribution in [0.15, 0.2) is 35.8 Å². The van der Waals surface area contributed by atoms with Crippen LogP contribution in [0.3, 0.4) is 0 Å². The zero-order chi connectivity index (χ0) is 14.7. The first-order valence-electron chi connectivity index (χ1n) is 7.73. The van der Waals surface area contributed by atoms with Gasteiger partial charge in [-0.25, -0.2) is 4.98 Å². The zero-order valence-electron chi connectivity index (χ0n) is 12.7. The van der Waals surface area contributed by atoms with Crippen LogP contribution in [0, 0.1) is 0 Å². The highest BCUT2D eigenvalue weighted by atomic mass is 32.1. The summed E-state index contributed by atoms with van der Waals surface area (Å²) in [5.41, 5.74) is 2.42. The molecule has 3 rings (SSSR count). The Labute approximate surface area is 131 Å². The van der Waals surface area contributed by atoms with Crippen molar-refractivity contribution in [1.82, 2.24) is 9.88 Å². The summed E-state index contributed by atoms with van der Waals surface area (Å²) < 4.78 is 0. The molecule has 1 aliphatic rings. The Morgan fingerprint density at radius 2 is 1.90 bits per heavy atom. The Morgan fingerprint density at radius 3 is 2.48 bits per heavy atom. The number of hydrogen-bond donors (Lipinski definition) is 1. The van der Waals surface area contributed by atoms with Crippen LogP contribution in [0.25, 0.3) is 10.6 Å². The van der Waals surface area contributed by atoms with Crippen molar-refractivity contribution >= 4 is 17.0 Å². The molecule has 0 radical (unpaired) electrons. The van der Waals surface area contributed by atoms with E-state index in [1.54, 1.807) is 11.3 Å². The number of likely N-dealkylation sites (tertiary alicyclic amines) is 1. The maximum Gasteiger partial charge on any atom is 0.123 e. The first kappa shape index (κ1) is 14.5. The number of aromatic nitrogens is 1. The molecule has 0 saturated carbocycles. The number of hydrogen-bond acceptors (Lipinski definition) is 4. The molecular weight excluding hydrogens is 278 g/mol. The van der Waals surface area contributed by atoms with Gasteiger partial charge in [0, 0.05) is 48.0 Å². The summed E-state index contributed by atoms with van der Waals surface area (Å²) in [5, 5.41) is 6.78. The molecule has 0 atom stereocenters. The van der Waals surface area contributed by atoms with Gasteiger partial charge in [0.2, 0.25) is 0 Å². The number of rotatable bonds is 4. The molecule has 112 valence electrons. The van der Waals surface area contributed by atoms with E-state index in [1.165, 1.54) is 37.2 Å². The summed E-state index contributed by atoms with van der Waals surface area (Å²) in [7, 11) is 0. The third-order valence-corrected chi connectivity index (χ3v) is 5.02. The molecule has 21 heavy (non-hydrogen) atoms. The highest BCUT2D eigenvalue weighted by Gasteiger charge is 2.20. The maximum absolute atomic E-state index is 4.35. The van der Waals surface area contributed by atoms with Crippen LogP contribution in [0.1, 0.15) is 26.7 Å². The number of nitrogens with one attached hydrogen (secondary N) is 1. The molecule has 1 aliphatic heterocycles. The Hall–Kier alpha value is -1.39. The number of thiazole rings is 1. The molecule has 1 aromatic heterocycles. The molecule has 1 saturated heterocycles. The molecule has 1 aromatic carbocycles. The summed E-state index contributed by atoms with van der Waals surface area (Å²) >= 11 is 1.68. The minimum atomic E-state index is 0.603. The van der Waals surface area contributed by atoms with E-state index >= 15 is 0 Å². The van der Waals surface area contributed by atoms with Crippen molar-refractivity contribution in [3.05, 3.63) is 35.8 Å². The third kappa shape index (κ3) is 3.63. The summed E-state index contributed by atoms with van der Waals surface area (Å²) in [5.74, 6) is 0. The Morgan fingerprint density at radius 1 is 1.19 bits per heavy atom. The maximum atomic E-state index is 4.35. The van der Waals surface area contributed by atoms with E-state index < -0.39 is 0 Å². The van der Waals surface area contributed by atoms with Gasteiger partial charge in [-0.1, -0.05) is 0 Å². The van der Waals surface area contributed by atoms with Crippen LogP contribution in [0.4, 0.5) is 5.69 Å². The minimum absolute atomic E-state index is 0.603. The monoisotopic (exact) mass is 301 g/mol. The van der Waals surface area contributed by atoms with E-state index in [-0.39, 0.29) is 0 Å². The van der Waals surface area contributed by atoms with E-state index in [2.05, 4.69) is 53.3 Å². The number of piperidine rings is 1. The number of nitrogens with zero attached hydrogens (tertiary/aromatic N) is 2. The second-order valence-electron chi connectivity index (χ2n) is 5.96. The molecule has 0 amide bonds. The highest BCUT2D eigenvalue weighted by molar-refractivity contribution is 7.13. The van der Waals surface area contributed by atoms with Gasteiger partial charge in [-0.15, -0.1) is 11.3 Å². The Balaban J connectivity index is 1.57. The topological polar surface area (TPSA) is 28.2 Å². The SMILES string of the molecule is CC(C)N1CCC(Nc2ccc(-c3nccs3)cc2)CC1. The van der Waals surface area contributed by atoms with E-state index in [9.17, 15) is 0 Å². The van der Waals surface area contributed by atoms with Gasteiger partial charge >= 0.3 is 0 Å². The van der Waals surface area contributed by atoms with E-state index in [1.807, 2.05) is 11.6 Å². The lowest BCUT2D eigenvalue weighted by atomic mass is 10.0. The van der Waals surface area contributed by atoms with Crippen molar-refractivity contribution in [2.75, 3.05) is 18.4 Å². The van der Waals surface area contributed by atoms with Crippen molar-refractivity contribution in [3.8, 4) is 10.6 Å². The predicted octanol–water partition coefficient (Wildman–Crippen LogP) is 4.09. The molecule has 3 nitrogen and oxygen atoms in total. The van der Waals surface area contributed by atoms with Gasteiger partial charge in [-0.2, -0.15) is 0 Å². The van der Waals surface area contributed by atoms with Gasteiger partial charge in [-0.3, -0.25) is 0 Å². The Kier molecular flexibility index (Phi) is 4.56. The zero-order valence-corrected chi connectivity index (χ0v) is 13.6. The normalized spacial score (nSPS) is 17.3. The fraction of sp³-hybridized carbons (Fsp3) is 0.471. The van der Waals surface area contributed by atoms with Crippen LogP contribution in [0.5, 0.6) is 0 Å². The number of benzene rings is 1. The molecule has 4 heteroatoms. The molecule has 2 heterocycles. The fourth-order valence-corrected chi connectivity index (χ4v) is 3.52. The summed E-state index contributed by atoms with van der Waals surface area (Å²) in [6.45, 7) is 6.97. The van der Waals surface area contributed by atoms with Gasteiger partial charge < -0.3 is 10.2 Å². The van der Waals surface area contributed by atoms with Crippen LogP contribution < -0.4 is 5.32 Å². The lowest BCUT2D eigenvalue weighted by Gasteiger charge is -2.35. The second kappa shape index (κ2) is 6.58. The highest BCUT2D eigenvalue weighted by Crippen LogP contribution is 2.24. The molecule has 0 unspecified atom stereocenters. The first-order chi connectivity index (χ1) is 10.2. The quantitative estimate of drug-likeness (QED) is 0.921. The van der Waals surface area contributed by atoms with Crippen molar-refractivity contribution in [2.45, 2.75) is 38.8 Å². The van der Waals surface area contributed by atoms with Crippen LogP contribution in [-0.4, -0.2) is 35.1 Å². The predicted molar refractivity (Wildman–Crippen MR) is 90.9 cm³/mol. The lowest BCUT2D eigenvalue weighted by Crippen LogP contribution is -2.42. The van der Waals surface area contributed by atoms with Gasteiger partial charge in [0.15, 0.2) is 0 Å². The first-order valence-corrected chi connectivity index (χ1v) is 8.61. The second-order valence-corrected chi connectivity index (χ2v) is 6.86. The summed E-state index contributed by atoms with van der Waals surface area (Å²) in [6, 6.07) is 9.93. The molecule has 0 aliphatic carbocycles. The van der Waals surface area contributed by atoms with Crippen molar-refractivity contribution in [1.29, 1.82) is 0 Å². The smallest absolute Gasteiger partial charge is 0.123 e. The van der Waals surface area contributed by atoms with E-state index in [0.717, 1.165) is 5.01 Å². The fourth-order valence-electron chi connectivity index (χ4n) is 2.87. The van der Waals surface area contributed by atoms with E-state index in [0.29, 0.717) is 12.1 Å². The van der Waals surface area contributed by atoms with Gasteiger partial charge in [0.25, 0.3) is 0 Å². The molecular formula is C17H23N3S. The van der Waals surface area contributed by atoms with Gasteiger partial charge in [0.1, 0.15) is 5.01 Å². The van der Waals surface area contributed by atoms with Crippen LogP contribution >= 0.6 is 11.3 Å².